The molecular formula is C11H10ClF3O2S. The van der Waals surface area contributed by atoms with Crippen LogP contribution in [0.1, 0.15) is 5.56 Å². The van der Waals surface area contributed by atoms with Crippen molar-refractivity contribution in [1.29, 1.82) is 0 Å². The molecule has 7 heteroatoms. The summed E-state index contributed by atoms with van der Waals surface area (Å²) in [6.45, 7) is 0. The summed E-state index contributed by atoms with van der Waals surface area (Å²) < 4.78 is 40.5. The van der Waals surface area contributed by atoms with E-state index in [4.69, 9.17) is 11.6 Å². The van der Waals surface area contributed by atoms with Crippen molar-refractivity contribution in [3.63, 3.8) is 0 Å². The standard InChI is InChI=1S/C11H10ClF3O2S/c1-18-10-7(5-8(16)6-12)3-2-4-9(10)17-11(13,14)15/h2-4H,5-6H2,1H3. The molecule has 0 atom stereocenters. The highest BCUT2D eigenvalue weighted by Crippen LogP contribution is 2.35. The Morgan fingerprint density at radius 3 is 2.61 bits per heavy atom. The fourth-order valence-electron chi connectivity index (χ4n) is 1.40. The van der Waals surface area contributed by atoms with E-state index in [1.54, 1.807) is 12.3 Å². The van der Waals surface area contributed by atoms with Gasteiger partial charge in [-0.05, 0) is 17.9 Å². The summed E-state index contributed by atoms with van der Waals surface area (Å²) in [6.07, 6.45) is -3.14. The molecule has 0 saturated heterocycles. The lowest BCUT2D eigenvalue weighted by atomic mass is 10.1. The van der Waals surface area contributed by atoms with Crippen LogP contribution in [0.15, 0.2) is 23.1 Å². The van der Waals surface area contributed by atoms with Gasteiger partial charge >= 0.3 is 6.36 Å². The van der Waals surface area contributed by atoms with Gasteiger partial charge < -0.3 is 4.74 Å². The lowest BCUT2D eigenvalue weighted by Crippen LogP contribution is -2.18. The Morgan fingerprint density at radius 1 is 1.44 bits per heavy atom. The van der Waals surface area contributed by atoms with E-state index in [0.717, 1.165) is 11.8 Å². The number of halogens is 4. The minimum absolute atomic E-state index is 0.00523. The number of hydrogen-bond donors (Lipinski definition) is 0. The Labute approximate surface area is 111 Å². The van der Waals surface area contributed by atoms with Crippen molar-refractivity contribution >= 4 is 29.1 Å². The summed E-state index contributed by atoms with van der Waals surface area (Å²) in [5.41, 5.74) is 0.481. The molecule has 0 unspecified atom stereocenters. The summed E-state index contributed by atoms with van der Waals surface area (Å²) in [4.78, 5) is 11.5. The smallest absolute Gasteiger partial charge is 0.405 e. The Bertz CT molecular complexity index is 435. The lowest BCUT2D eigenvalue weighted by molar-refractivity contribution is -0.275. The molecule has 1 rings (SSSR count). The van der Waals surface area contributed by atoms with Gasteiger partial charge in [-0.1, -0.05) is 12.1 Å². The second kappa shape index (κ2) is 6.33. The van der Waals surface area contributed by atoms with Crippen molar-refractivity contribution in [3.8, 4) is 5.75 Å². The molecule has 0 saturated carbocycles. The molecule has 18 heavy (non-hydrogen) atoms. The van der Waals surface area contributed by atoms with Gasteiger partial charge in [0.05, 0.1) is 10.8 Å². The van der Waals surface area contributed by atoms with Crippen LogP contribution >= 0.6 is 23.4 Å². The maximum absolute atomic E-state index is 12.2. The number of thioether (sulfide) groups is 1. The molecule has 0 spiro atoms. The van der Waals surface area contributed by atoms with E-state index in [1.165, 1.54) is 12.1 Å². The summed E-state index contributed by atoms with van der Waals surface area (Å²) in [7, 11) is 0. The maximum Gasteiger partial charge on any atom is 0.573 e. The molecule has 0 bridgehead atoms. The van der Waals surface area contributed by atoms with Crippen molar-refractivity contribution < 1.29 is 22.7 Å². The third-order valence-electron chi connectivity index (χ3n) is 2.03. The monoisotopic (exact) mass is 298 g/mol. The molecule has 1 aromatic carbocycles. The first-order valence-electron chi connectivity index (χ1n) is 4.86. The molecule has 0 radical (unpaired) electrons. The van der Waals surface area contributed by atoms with Crippen molar-refractivity contribution in [2.75, 3.05) is 12.1 Å². The van der Waals surface area contributed by atoms with Gasteiger partial charge in [-0.25, -0.2) is 0 Å². The molecule has 0 amide bonds. The number of carbonyl (C=O) groups excluding carboxylic acids is 1. The van der Waals surface area contributed by atoms with Crippen LogP contribution in [-0.2, 0) is 11.2 Å². The second-order valence-electron chi connectivity index (χ2n) is 3.35. The van der Waals surface area contributed by atoms with Crippen LogP contribution < -0.4 is 4.74 Å². The summed E-state index contributed by atoms with van der Waals surface area (Å²) >= 11 is 6.47. The summed E-state index contributed by atoms with van der Waals surface area (Å²) in [5, 5.41) is 0. The minimum atomic E-state index is -4.75. The largest absolute Gasteiger partial charge is 0.573 e. The molecule has 1 aromatic rings. The molecule has 0 fully saturated rings. The van der Waals surface area contributed by atoms with E-state index in [0.29, 0.717) is 10.5 Å². The lowest BCUT2D eigenvalue weighted by Gasteiger charge is -2.14. The molecule has 0 aliphatic heterocycles. The Morgan fingerprint density at radius 2 is 2.11 bits per heavy atom. The highest BCUT2D eigenvalue weighted by Gasteiger charge is 2.32. The fraction of sp³-hybridized carbons (Fsp3) is 0.364. The van der Waals surface area contributed by atoms with Crippen LogP contribution in [0.25, 0.3) is 0 Å². The highest BCUT2D eigenvalue weighted by atomic mass is 35.5. The third-order valence-corrected chi connectivity index (χ3v) is 3.20. The second-order valence-corrected chi connectivity index (χ2v) is 4.43. The quantitative estimate of drug-likeness (QED) is 0.613. The van der Waals surface area contributed by atoms with Gasteiger partial charge in [0.25, 0.3) is 0 Å². The number of Topliss-reactive ketones (excluding diaryl/α,β-unsaturated/α-hetero) is 1. The SMILES string of the molecule is CSc1c(CC(=O)CCl)cccc1OC(F)(F)F. The van der Waals surface area contributed by atoms with Crippen molar-refractivity contribution in [3.05, 3.63) is 23.8 Å². The van der Waals surface area contributed by atoms with Crippen LogP contribution in [0.3, 0.4) is 0 Å². The zero-order chi connectivity index (χ0) is 13.8. The van der Waals surface area contributed by atoms with Crippen LogP contribution in [0, 0.1) is 0 Å². The number of ether oxygens (including phenoxy) is 1. The fourth-order valence-corrected chi connectivity index (χ4v) is 2.20. The number of rotatable bonds is 5. The molecular weight excluding hydrogens is 289 g/mol. The molecule has 0 aromatic heterocycles. The average molecular weight is 299 g/mol. The number of alkyl halides is 4. The van der Waals surface area contributed by atoms with Crippen molar-refractivity contribution in [1.82, 2.24) is 0 Å². The first kappa shape index (κ1) is 15.2. The molecule has 100 valence electrons. The number of benzene rings is 1. The number of hydrogen-bond acceptors (Lipinski definition) is 3. The van der Waals surface area contributed by atoms with Crippen molar-refractivity contribution in [2.45, 2.75) is 17.7 Å². The van der Waals surface area contributed by atoms with E-state index >= 15 is 0 Å². The van der Waals surface area contributed by atoms with Gasteiger partial charge in [-0.15, -0.1) is 36.5 Å². The predicted octanol–water partition coefficient (Wildman–Crippen LogP) is 3.66. The Balaban J connectivity index is 3.06. The number of ketones is 1. The maximum atomic E-state index is 12.2. The first-order valence-corrected chi connectivity index (χ1v) is 6.62. The van der Waals surface area contributed by atoms with E-state index in [-0.39, 0.29) is 23.8 Å². The molecule has 0 N–H and O–H groups in total. The van der Waals surface area contributed by atoms with Crippen LogP contribution in [-0.4, -0.2) is 24.3 Å². The van der Waals surface area contributed by atoms with Gasteiger partial charge in [0.2, 0.25) is 0 Å². The zero-order valence-electron chi connectivity index (χ0n) is 9.38. The van der Waals surface area contributed by atoms with Gasteiger partial charge in [-0.3, -0.25) is 4.79 Å². The normalized spacial score (nSPS) is 11.4. The molecule has 0 heterocycles. The average Bonchev–Trinajstić information content (AvgIpc) is 2.27. The molecule has 0 aliphatic rings. The van der Waals surface area contributed by atoms with E-state index < -0.39 is 6.36 Å². The van der Waals surface area contributed by atoms with E-state index in [9.17, 15) is 18.0 Å². The van der Waals surface area contributed by atoms with Gasteiger partial charge in [-0.2, -0.15) is 0 Å². The predicted molar refractivity (Wildman–Crippen MR) is 64.3 cm³/mol. The first-order chi connectivity index (χ1) is 8.37. The Kier molecular flexibility index (Phi) is 5.34. The molecule has 2 nitrogen and oxygen atoms in total. The van der Waals surface area contributed by atoms with E-state index in [1.807, 2.05) is 0 Å². The highest BCUT2D eigenvalue weighted by molar-refractivity contribution is 7.98. The summed E-state index contributed by atoms with van der Waals surface area (Å²) in [6, 6.07) is 4.21. The molecule has 0 aliphatic carbocycles. The van der Waals surface area contributed by atoms with Crippen LogP contribution in [0.2, 0.25) is 0 Å². The summed E-state index contributed by atoms with van der Waals surface area (Å²) in [5.74, 6) is -0.718. The van der Waals surface area contributed by atoms with Gasteiger partial charge in [0, 0.05) is 6.42 Å². The number of carbonyl (C=O) groups is 1. The zero-order valence-corrected chi connectivity index (χ0v) is 11.0. The van der Waals surface area contributed by atoms with E-state index in [2.05, 4.69) is 4.74 Å². The topological polar surface area (TPSA) is 26.3 Å². The Hall–Kier alpha value is -0.880. The van der Waals surface area contributed by atoms with Crippen LogP contribution in [0.5, 0.6) is 5.75 Å². The minimum Gasteiger partial charge on any atom is -0.405 e. The van der Waals surface area contributed by atoms with Crippen molar-refractivity contribution in [2.24, 2.45) is 0 Å². The van der Waals surface area contributed by atoms with Gasteiger partial charge in [0.1, 0.15) is 5.75 Å². The third kappa shape index (κ3) is 4.42. The van der Waals surface area contributed by atoms with Crippen LogP contribution in [0.4, 0.5) is 13.2 Å². The van der Waals surface area contributed by atoms with Gasteiger partial charge in [0.15, 0.2) is 5.78 Å².